The SMILES string of the molecule is Cl.N[C@H](c1cc(O)ccc1Br)C1CCCCC1. The van der Waals surface area contributed by atoms with Gasteiger partial charge in [0.15, 0.2) is 0 Å². The molecule has 0 unspecified atom stereocenters. The summed E-state index contributed by atoms with van der Waals surface area (Å²) >= 11 is 3.51. The van der Waals surface area contributed by atoms with Crippen molar-refractivity contribution in [3.05, 3.63) is 28.2 Å². The molecule has 0 saturated heterocycles. The van der Waals surface area contributed by atoms with Crippen LogP contribution in [0.15, 0.2) is 22.7 Å². The zero-order chi connectivity index (χ0) is 11.5. The molecule has 1 aliphatic rings. The molecule has 4 heteroatoms. The standard InChI is InChI=1S/C13H18BrNO.ClH/c14-12-7-6-10(16)8-11(12)13(15)9-4-2-1-3-5-9;/h6-9,13,16H,1-5,15H2;1H/t13-;/m0./s1. The van der Waals surface area contributed by atoms with Crippen molar-refractivity contribution in [1.29, 1.82) is 0 Å². The molecule has 0 heterocycles. The number of hydrogen-bond donors (Lipinski definition) is 2. The number of benzene rings is 1. The Morgan fingerprint density at radius 1 is 1.24 bits per heavy atom. The molecule has 0 radical (unpaired) electrons. The molecular weight excluding hydrogens is 302 g/mol. The smallest absolute Gasteiger partial charge is 0.115 e. The quantitative estimate of drug-likeness (QED) is 0.859. The second-order valence-corrected chi connectivity index (χ2v) is 5.48. The number of phenolic OH excluding ortho intramolecular Hbond substituents is 1. The van der Waals surface area contributed by atoms with E-state index >= 15 is 0 Å². The monoisotopic (exact) mass is 319 g/mol. The fourth-order valence-electron chi connectivity index (χ4n) is 2.53. The van der Waals surface area contributed by atoms with E-state index in [1.807, 2.05) is 6.07 Å². The highest BCUT2D eigenvalue weighted by atomic mass is 79.9. The van der Waals surface area contributed by atoms with Crippen LogP contribution in [0.2, 0.25) is 0 Å². The normalized spacial score (nSPS) is 18.5. The van der Waals surface area contributed by atoms with Crippen molar-refractivity contribution in [2.75, 3.05) is 0 Å². The summed E-state index contributed by atoms with van der Waals surface area (Å²) in [7, 11) is 0. The minimum Gasteiger partial charge on any atom is -0.508 e. The van der Waals surface area contributed by atoms with Crippen LogP contribution in [0, 0.1) is 5.92 Å². The zero-order valence-electron chi connectivity index (χ0n) is 9.73. The van der Waals surface area contributed by atoms with Crippen LogP contribution < -0.4 is 5.73 Å². The number of nitrogens with two attached hydrogens (primary N) is 1. The van der Waals surface area contributed by atoms with E-state index in [9.17, 15) is 5.11 Å². The second kappa shape index (κ2) is 6.62. The zero-order valence-corrected chi connectivity index (χ0v) is 12.1. The van der Waals surface area contributed by atoms with Crippen LogP contribution in [-0.4, -0.2) is 5.11 Å². The molecule has 0 aliphatic heterocycles. The molecule has 1 aromatic carbocycles. The molecule has 2 rings (SSSR count). The topological polar surface area (TPSA) is 46.2 Å². The average Bonchev–Trinajstić information content (AvgIpc) is 2.32. The summed E-state index contributed by atoms with van der Waals surface area (Å²) in [5.41, 5.74) is 7.33. The van der Waals surface area contributed by atoms with Crippen LogP contribution in [0.1, 0.15) is 43.7 Å². The van der Waals surface area contributed by atoms with E-state index in [4.69, 9.17) is 5.73 Å². The third-order valence-electron chi connectivity index (χ3n) is 3.50. The summed E-state index contributed by atoms with van der Waals surface area (Å²) in [5.74, 6) is 0.858. The highest BCUT2D eigenvalue weighted by Gasteiger charge is 2.23. The van der Waals surface area contributed by atoms with Gasteiger partial charge in [-0.25, -0.2) is 0 Å². The van der Waals surface area contributed by atoms with Gasteiger partial charge in [-0.15, -0.1) is 12.4 Å². The van der Waals surface area contributed by atoms with Crippen LogP contribution in [0.3, 0.4) is 0 Å². The van der Waals surface area contributed by atoms with Gasteiger partial charge in [-0.2, -0.15) is 0 Å². The summed E-state index contributed by atoms with van der Waals surface area (Å²) in [4.78, 5) is 0. The van der Waals surface area contributed by atoms with Gasteiger partial charge in [-0.3, -0.25) is 0 Å². The van der Waals surface area contributed by atoms with Crippen molar-refractivity contribution in [3.8, 4) is 5.75 Å². The maximum atomic E-state index is 9.51. The Morgan fingerprint density at radius 2 is 1.88 bits per heavy atom. The Hall–Kier alpha value is -0.250. The van der Waals surface area contributed by atoms with Gasteiger partial charge in [0.2, 0.25) is 0 Å². The maximum absolute atomic E-state index is 9.51. The van der Waals surface area contributed by atoms with Crippen LogP contribution in [-0.2, 0) is 0 Å². The van der Waals surface area contributed by atoms with Gasteiger partial charge in [0.05, 0.1) is 0 Å². The first kappa shape index (κ1) is 14.8. The number of rotatable bonds is 2. The van der Waals surface area contributed by atoms with Gasteiger partial charge >= 0.3 is 0 Å². The van der Waals surface area contributed by atoms with Gasteiger partial charge in [-0.05, 0) is 42.5 Å². The summed E-state index contributed by atoms with van der Waals surface area (Å²) < 4.78 is 1.00. The van der Waals surface area contributed by atoms with E-state index in [-0.39, 0.29) is 18.4 Å². The third kappa shape index (κ3) is 3.60. The molecule has 0 spiro atoms. The molecule has 2 nitrogen and oxygen atoms in total. The van der Waals surface area contributed by atoms with Crippen molar-refractivity contribution >= 4 is 28.3 Å². The van der Waals surface area contributed by atoms with E-state index in [1.54, 1.807) is 12.1 Å². The Kier molecular flexibility index (Phi) is 5.77. The van der Waals surface area contributed by atoms with Crippen molar-refractivity contribution in [1.82, 2.24) is 0 Å². The summed E-state index contributed by atoms with van der Waals surface area (Å²) in [5, 5.41) is 9.51. The summed E-state index contributed by atoms with van der Waals surface area (Å²) in [6, 6.07) is 5.37. The highest BCUT2D eigenvalue weighted by molar-refractivity contribution is 9.10. The molecule has 1 aliphatic carbocycles. The van der Waals surface area contributed by atoms with Gasteiger partial charge < -0.3 is 10.8 Å². The second-order valence-electron chi connectivity index (χ2n) is 4.63. The van der Waals surface area contributed by atoms with Gasteiger partial charge in [0.1, 0.15) is 5.75 Å². The van der Waals surface area contributed by atoms with E-state index in [0.717, 1.165) is 10.0 Å². The Balaban J connectivity index is 0.00000144. The number of halogens is 2. The lowest BCUT2D eigenvalue weighted by molar-refractivity contribution is 0.307. The molecule has 0 amide bonds. The predicted molar refractivity (Wildman–Crippen MR) is 76.6 cm³/mol. The Morgan fingerprint density at radius 3 is 2.53 bits per heavy atom. The van der Waals surface area contributed by atoms with E-state index in [1.165, 1.54) is 32.1 Å². The lowest BCUT2D eigenvalue weighted by Gasteiger charge is -2.28. The first-order chi connectivity index (χ1) is 7.68. The van der Waals surface area contributed by atoms with Gasteiger partial charge in [-0.1, -0.05) is 35.2 Å². The molecule has 17 heavy (non-hydrogen) atoms. The number of phenols is 1. The molecule has 3 N–H and O–H groups in total. The first-order valence-corrected chi connectivity index (χ1v) is 6.72. The molecule has 0 aromatic heterocycles. The Labute approximate surface area is 117 Å². The van der Waals surface area contributed by atoms with E-state index in [2.05, 4.69) is 15.9 Å². The van der Waals surface area contributed by atoms with Crippen molar-refractivity contribution in [2.24, 2.45) is 11.7 Å². The van der Waals surface area contributed by atoms with Crippen molar-refractivity contribution in [2.45, 2.75) is 38.1 Å². The Bertz CT molecular complexity index is 366. The molecule has 96 valence electrons. The minimum absolute atomic E-state index is 0. The fourth-order valence-corrected chi connectivity index (χ4v) is 3.04. The molecular formula is C13H19BrClNO. The molecule has 1 aromatic rings. The fraction of sp³-hybridized carbons (Fsp3) is 0.538. The van der Waals surface area contributed by atoms with Gasteiger partial charge in [0, 0.05) is 10.5 Å². The molecule has 1 fully saturated rings. The molecule has 1 atom stereocenters. The van der Waals surface area contributed by atoms with Crippen LogP contribution >= 0.6 is 28.3 Å². The predicted octanol–water partition coefficient (Wildman–Crippen LogP) is 4.16. The van der Waals surface area contributed by atoms with E-state index < -0.39 is 0 Å². The van der Waals surface area contributed by atoms with Crippen molar-refractivity contribution in [3.63, 3.8) is 0 Å². The molecule has 0 bridgehead atoms. The summed E-state index contributed by atoms with van der Waals surface area (Å²) in [6.07, 6.45) is 6.33. The first-order valence-electron chi connectivity index (χ1n) is 5.92. The van der Waals surface area contributed by atoms with Crippen molar-refractivity contribution < 1.29 is 5.11 Å². The lowest BCUT2D eigenvalue weighted by atomic mass is 9.81. The lowest BCUT2D eigenvalue weighted by Crippen LogP contribution is -2.23. The summed E-state index contributed by atoms with van der Waals surface area (Å²) in [6.45, 7) is 0. The maximum Gasteiger partial charge on any atom is 0.115 e. The van der Waals surface area contributed by atoms with Crippen LogP contribution in [0.5, 0.6) is 5.75 Å². The molecule has 1 saturated carbocycles. The highest BCUT2D eigenvalue weighted by Crippen LogP contribution is 2.36. The number of aromatic hydroxyl groups is 1. The largest absolute Gasteiger partial charge is 0.508 e. The minimum atomic E-state index is 0. The van der Waals surface area contributed by atoms with E-state index in [0.29, 0.717) is 11.7 Å². The van der Waals surface area contributed by atoms with Crippen LogP contribution in [0.25, 0.3) is 0 Å². The third-order valence-corrected chi connectivity index (χ3v) is 4.22. The van der Waals surface area contributed by atoms with Gasteiger partial charge in [0.25, 0.3) is 0 Å². The van der Waals surface area contributed by atoms with Crippen LogP contribution in [0.4, 0.5) is 0 Å². The number of hydrogen-bond acceptors (Lipinski definition) is 2. The average molecular weight is 321 g/mol.